The van der Waals surface area contributed by atoms with Gasteiger partial charge in [-0.25, -0.2) is 0 Å². The zero-order valence-electron chi connectivity index (χ0n) is 13.7. The molecule has 2 fully saturated rings. The first-order valence-corrected chi connectivity index (χ1v) is 8.07. The molecule has 126 valence electrons. The molecule has 0 saturated carbocycles. The van der Waals surface area contributed by atoms with E-state index in [0.29, 0.717) is 29.6 Å². The van der Waals surface area contributed by atoms with E-state index in [9.17, 15) is 4.79 Å². The summed E-state index contributed by atoms with van der Waals surface area (Å²) in [5, 5.41) is 2.95. The number of ether oxygens (including phenoxy) is 3. The number of morpholine rings is 1. The minimum atomic E-state index is -0.173. The van der Waals surface area contributed by atoms with Gasteiger partial charge in [-0.1, -0.05) is 6.07 Å². The minimum absolute atomic E-state index is 0.0462. The third-order valence-electron chi connectivity index (χ3n) is 4.60. The second-order valence-corrected chi connectivity index (χ2v) is 6.00. The normalized spacial score (nSPS) is 24.1. The summed E-state index contributed by atoms with van der Waals surface area (Å²) in [5.74, 6) is 0.832. The largest absolute Gasteiger partial charge is 0.493 e. The molecule has 0 spiro atoms. The molecule has 1 aromatic carbocycles. The van der Waals surface area contributed by atoms with Crippen molar-refractivity contribution in [3.8, 4) is 11.5 Å². The average Bonchev–Trinajstić information content (AvgIpc) is 3.06. The molecule has 0 radical (unpaired) electrons. The molecule has 6 heteroatoms. The Hall–Kier alpha value is -1.79. The number of hydrogen-bond acceptors (Lipinski definition) is 5. The van der Waals surface area contributed by atoms with Gasteiger partial charge in [-0.15, -0.1) is 0 Å². The van der Waals surface area contributed by atoms with Crippen molar-refractivity contribution >= 4 is 5.91 Å². The van der Waals surface area contributed by atoms with E-state index >= 15 is 0 Å². The van der Waals surface area contributed by atoms with Crippen molar-refractivity contribution in [2.24, 2.45) is 0 Å². The number of nitrogens with one attached hydrogen (secondary N) is 1. The summed E-state index contributed by atoms with van der Waals surface area (Å²) < 4.78 is 16.4. The van der Waals surface area contributed by atoms with Gasteiger partial charge in [-0.05, 0) is 31.5 Å². The molecule has 2 atom stereocenters. The number of carbonyl (C=O) groups is 1. The van der Waals surface area contributed by atoms with Gasteiger partial charge in [0.15, 0.2) is 11.5 Å². The fraction of sp³-hybridized carbons (Fsp3) is 0.588. The molecule has 1 N–H and O–H groups in total. The lowest BCUT2D eigenvalue weighted by Crippen LogP contribution is -2.50. The SMILES string of the molecule is COc1cccc(C(=O)NC[C@@H]2CN3CCC[C@@H]3CO2)c1OC. The Balaban J connectivity index is 1.59. The van der Waals surface area contributed by atoms with E-state index in [2.05, 4.69) is 10.2 Å². The molecule has 2 saturated heterocycles. The fourth-order valence-corrected chi connectivity index (χ4v) is 3.38. The number of para-hydroxylation sites is 1. The van der Waals surface area contributed by atoms with Gasteiger partial charge in [0.1, 0.15) is 0 Å². The molecule has 0 bridgehead atoms. The van der Waals surface area contributed by atoms with E-state index in [0.717, 1.165) is 19.7 Å². The van der Waals surface area contributed by atoms with Gasteiger partial charge in [0.2, 0.25) is 0 Å². The van der Waals surface area contributed by atoms with Crippen LogP contribution in [-0.4, -0.2) is 63.4 Å². The van der Waals surface area contributed by atoms with E-state index in [-0.39, 0.29) is 12.0 Å². The van der Waals surface area contributed by atoms with Crippen molar-refractivity contribution in [2.75, 3.05) is 40.5 Å². The lowest BCUT2D eigenvalue weighted by Gasteiger charge is -2.35. The zero-order valence-corrected chi connectivity index (χ0v) is 13.7. The zero-order chi connectivity index (χ0) is 16.2. The van der Waals surface area contributed by atoms with Gasteiger partial charge >= 0.3 is 0 Å². The summed E-state index contributed by atoms with van der Waals surface area (Å²) in [6.45, 7) is 3.30. The molecule has 0 unspecified atom stereocenters. The van der Waals surface area contributed by atoms with Crippen LogP contribution in [0.2, 0.25) is 0 Å². The number of nitrogens with zero attached hydrogens (tertiary/aromatic N) is 1. The van der Waals surface area contributed by atoms with Crippen LogP contribution in [-0.2, 0) is 4.74 Å². The molecule has 1 aromatic rings. The Bertz CT molecular complexity index is 564. The smallest absolute Gasteiger partial charge is 0.255 e. The first kappa shape index (κ1) is 16.1. The van der Waals surface area contributed by atoms with Crippen molar-refractivity contribution in [3.05, 3.63) is 23.8 Å². The van der Waals surface area contributed by atoms with Crippen LogP contribution in [0.4, 0.5) is 0 Å². The summed E-state index contributed by atoms with van der Waals surface area (Å²) in [6, 6.07) is 5.85. The van der Waals surface area contributed by atoms with Crippen molar-refractivity contribution in [3.63, 3.8) is 0 Å². The Kier molecular flexibility index (Phi) is 5.03. The maximum absolute atomic E-state index is 12.4. The molecule has 2 aliphatic rings. The van der Waals surface area contributed by atoms with Gasteiger partial charge in [-0.3, -0.25) is 9.69 Å². The number of benzene rings is 1. The third-order valence-corrected chi connectivity index (χ3v) is 4.60. The highest BCUT2D eigenvalue weighted by Gasteiger charge is 2.32. The van der Waals surface area contributed by atoms with Crippen LogP contribution in [0.5, 0.6) is 11.5 Å². The van der Waals surface area contributed by atoms with Gasteiger partial charge in [-0.2, -0.15) is 0 Å². The van der Waals surface area contributed by atoms with E-state index in [1.54, 1.807) is 25.3 Å². The van der Waals surface area contributed by atoms with E-state index in [1.807, 2.05) is 0 Å². The summed E-state index contributed by atoms with van der Waals surface area (Å²) in [4.78, 5) is 14.9. The number of methoxy groups -OCH3 is 2. The van der Waals surface area contributed by atoms with Gasteiger partial charge in [0.05, 0.1) is 32.5 Å². The average molecular weight is 320 g/mol. The van der Waals surface area contributed by atoms with E-state index in [4.69, 9.17) is 14.2 Å². The molecule has 23 heavy (non-hydrogen) atoms. The van der Waals surface area contributed by atoms with Crippen LogP contribution < -0.4 is 14.8 Å². The third kappa shape index (κ3) is 3.43. The van der Waals surface area contributed by atoms with E-state index < -0.39 is 0 Å². The standard InChI is InChI=1S/C17H24N2O4/c1-21-15-7-3-6-14(16(15)22-2)17(20)18-9-13-10-19-8-4-5-12(19)11-23-13/h3,6-7,12-13H,4-5,8-11H2,1-2H3,(H,18,20)/t12-,13-/m1/s1. The molecule has 0 aliphatic carbocycles. The van der Waals surface area contributed by atoms with Crippen molar-refractivity contribution in [1.29, 1.82) is 0 Å². The van der Waals surface area contributed by atoms with Crippen LogP contribution in [0.25, 0.3) is 0 Å². The van der Waals surface area contributed by atoms with Crippen LogP contribution in [0.3, 0.4) is 0 Å². The first-order chi connectivity index (χ1) is 11.2. The Morgan fingerprint density at radius 3 is 3.04 bits per heavy atom. The number of amides is 1. The number of fused-ring (bicyclic) bond motifs is 1. The summed E-state index contributed by atoms with van der Waals surface area (Å²) >= 11 is 0. The summed E-state index contributed by atoms with van der Waals surface area (Å²) in [5.41, 5.74) is 0.474. The highest BCUT2D eigenvalue weighted by molar-refractivity contribution is 5.97. The topological polar surface area (TPSA) is 60.0 Å². The van der Waals surface area contributed by atoms with Gasteiger partial charge in [0, 0.05) is 19.1 Å². The van der Waals surface area contributed by atoms with Gasteiger partial charge in [0.25, 0.3) is 5.91 Å². The Morgan fingerprint density at radius 2 is 2.26 bits per heavy atom. The number of carbonyl (C=O) groups excluding carboxylic acids is 1. The van der Waals surface area contributed by atoms with E-state index in [1.165, 1.54) is 20.0 Å². The monoisotopic (exact) mass is 320 g/mol. The van der Waals surface area contributed by atoms with Crippen LogP contribution in [0, 0.1) is 0 Å². The minimum Gasteiger partial charge on any atom is -0.493 e. The van der Waals surface area contributed by atoms with Crippen LogP contribution >= 0.6 is 0 Å². The van der Waals surface area contributed by atoms with Crippen LogP contribution in [0.15, 0.2) is 18.2 Å². The second kappa shape index (κ2) is 7.19. The van der Waals surface area contributed by atoms with Crippen molar-refractivity contribution in [1.82, 2.24) is 10.2 Å². The van der Waals surface area contributed by atoms with Crippen LogP contribution in [0.1, 0.15) is 23.2 Å². The number of rotatable bonds is 5. The van der Waals surface area contributed by atoms with Gasteiger partial charge < -0.3 is 19.5 Å². The maximum Gasteiger partial charge on any atom is 0.255 e. The second-order valence-electron chi connectivity index (χ2n) is 6.00. The highest BCUT2D eigenvalue weighted by Crippen LogP contribution is 2.30. The van der Waals surface area contributed by atoms with Crippen molar-refractivity contribution in [2.45, 2.75) is 25.0 Å². The lowest BCUT2D eigenvalue weighted by atomic mass is 10.1. The molecular formula is C17H24N2O4. The Morgan fingerprint density at radius 1 is 1.39 bits per heavy atom. The number of hydrogen-bond donors (Lipinski definition) is 1. The first-order valence-electron chi connectivity index (χ1n) is 8.07. The molecule has 6 nitrogen and oxygen atoms in total. The predicted octanol–water partition coefficient (Wildman–Crippen LogP) is 1.30. The summed E-state index contributed by atoms with van der Waals surface area (Å²) in [6.07, 6.45) is 2.51. The lowest BCUT2D eigenvalue weighted by molar-refractivity contribution is -0.0461. The molecule has 2 heterocycles. The summed E-state index contributed by atoms with van der Waals surface area (Å²) in [7, 11) is 3.09. The Labute approximate surface area is 136 Å². The maximum atomic E-state index is 12.4. The molecule has 3 rings (SSSR count). The molecule has 1 amide bonds. The fourth-order valence-electron chi connectivity index (χ4n) is 3.38. The predicted molar refractivity (Wildman–Crippen MR) is 86.2 cm³/mol. The molecule has 0 aromatic heterocycles. The van der Waals surface area contributed by atoms with Crippen molar-refractivity contribution < 1.29 is 19.0 Å². The quantitative estimate of drug-likeness (QED) is 0.886. The highest BCUT2D eigenvalue weighted by atomic mass is 16.5. The molecular weight excluding hydrogens is 296 g/mol. The molecule has 2 aliphatic heterocycles.